The number of benzene rings is 3. The number of fused-ring (bicyclic) bond motifs is 1. The topological polar surface area (TPSA) is 57.7 Å². The highest BCUT2D eigenvalue weighted by atomic mass is 16.5. The first kappa shape index (κ1) is 21.9. The third kappa shape index (κ3) is 4.72. The number of amides is 1. The highest BCUT2D eigenvalue weighted by Crippen LogP contribution is 2.34. The van der Waals surface area contributed by atoms with Crippen LogP contribution in [0.4, 0.5) is 11.4 Å². The van der Waals surface area contributed by atoms with Gasteiger partial charge in [0.05, 0.1) is 30.2 Å². The summed E-state index contributed by atoms with van der Waals surface area (Å²) in [4.78, 5) is 22.5. The summed E-state index contributed by atoms with van der Waals surface area (Å²) in [6.45, 7) is 4.63. The lowest BCUT2D eigenvalue weighted by atomic mass is 10.1. The van der Waals surface area contributed by atoms with Gasteiger partial charge in [-0.2, -0.15) is 0 Å². The van der Waals surface area contributed by atoms with E-state index in [1.807, 2.05) is 18.2 Å². The third-order valence-corrected chi connectivity index (χ3v) is 6.28. The molecule has 1 amide bonds. The van der Waals surface area contributed by atoms with Crippen LogP contribution in [0.5, 0.6) is 5.75 Å². The van der Waals surface area contributed by atoms with Crippen molar-refractivity contribution in [2.75, 3.05) is 43.5 Å². The van der Waals surface area contributed by atoms with Crippen LogP contribution in [0.3, 0.4) is 0 Å². The Morgan fingerprint density at radius 1 is 0.912 bits per heavy atom. The van der Waals surface area contributed by atoms with Crippen molar-refractivity contribution in [1.82, 2.24) is 9.88 Å². The first-order chi connectivity index (χ1) is 16.7. The van der Waals surface area contributed by atoms with E-state index >= 15 is 0 Å². The number of pyridine rings is 1. The quantitative estimate of drug-likeness (QED) is 0.455. The molecular formula is C28H28N4O2. The normalized spacial score (nSPS) is 14.2. The third-order valence-electron chi connectivity index (χ3n) is 6.28. The molecule has 0 saturated carbocycles. The van der Waals surface area contributed by atoms with Gasteiger partial charge in [0.1, 0.15) is 5.75 Å². The number of ether oxygens (including phenoxy) is 1. The summed E-state index contributed by atoms with van der Waals surface area (Å²) in [6, 6.07) is 25.8. The molecule has 1 aliphatic rings. The van der Waals surface area contributed by atoms with Gasteiger partial charge in [-0.25, -0.2) is 0 Å². The predicted octanol–water partition coefficient (Wildman–Crippen LogP) is 4.82. The smallest absolute Gasteiger partial charge is 0.255 e. The van der Waals surface area contributed by atoms with Crippen LogP contribution in [0.15, 0.2) is 85.1 Å². The van der Waals surface area contributed by atoms with Gasteiger partial charge in [0.25, 0.3) is 5.91 Å². The van der Waals surface area contributed by atoms with E-state index in [2.05, 4.69) is 56.5 Å². The lowest BCUT2D eigenvalue weighted by Crippen LogP contribution is -2.46. The molecule has 5 rings (SSSR count). The van der Waals surface area contributed by atoms with Crippen LogP contribution in [0.25, 0.3) is 10.9 Å². The SMILES string of the molecule is COc1ccc(C(=O)Nc2cnc3ccccc3c2N2CCN(Cc3ccccc3)CC2)cc1. The fourth-order valence-electron chi connectivity index (χ4n) is 4.47. The first-order valence-corrected chi connectivity index (χ1v) is 11.6. The van der Waals surface area contributed by atoms with E-state index in [9.17, 15) is 4.79 Å². The maximum atomic E-state index is 13.0. The average molecular weight is 453 g/mol. The molecule has 0 radical (unpaired) electrons. The maximum Gasteiger partial charge on any atom is 0.255 e. The van der Waals surface area contributed by atoms with Crippen molar-refractivity contribution in [3.8, 4) is 5.75 Å². The first-order valence-electron chi connectivity index (χ1n) is 11.6. The van der Waals surface area contributed by atoms with E-state index in [4.69, 9.17) is 4.74 Å². The molecule has 6 nitrogen and oxygen atoms in total. The number of rotatable bonds is 6. The van der Waals surface area contributed by atoms with Gasteiger partial charge < -0.3 is 15.0 Å². The number of carbonyl (C=O) groups is 1. The van der Waals surface area contributed by atoms with Gasteiger partial charge in [-0.1, -0.05) is 48.5 Å². The van der Waals surface area contributed by atoms with Crippen LogP contribution in [-0.4, -0.2) is 49.1 Å². The maximum absolute atomic E-state index is 13.0. The lowest BCUT2D eigenvalue weighted by Gasteiger charge is -2.37. The number of hydrogen-bond donors (Lipinski definition) is 1. The van der Waals surface area contributed by atoms with E-state index in [0.29, 0.717) is 5.56 Å². The number of nitrogens with zero attached hydrogens (tertiary/aromatic N) is 3. The van der Waals surface area contributed by atoms with E-state index in [0.717, 1.165) is 60.8 Å². The molecule has 0 spiro atoms. The van der Waals surface area contributed by atoms with Crippen LogP contribution >= 0.6 is 0 Å². The molecule has 1 saturated heterocycles. The zero-order valence-corrected chi connectivity index (χ0v) is 19.3. The van der Waals surface area contributed by atoms with Crippen LogP contribution in [-0.2, 0) is 6.54 Å². The van der Waals surface area contributed by atoms with E-state index < -0.39 is 0 Å². The second-order valence-electron chi connectivity index (χ2n) is 8.47. The zero-order chi connectivity index (χ0) is 23.3. The Balaban J connectivity index is 1.38. The van der Waals surface area contributed by atoms with Crippen LogP contribution in [0.2, 0.25) is 0 Å². The van der Waals surface area contributed by atoms with Crippen molar-refractivity contribution in [2.24, 2.45) is 0 Å². The number of aromatic nitrogens is 1. The summed E-state index contributed by atoms with van der Waals surface area (Å²) in [7, 11) is 1.61. The number of hydrogen-bond acceptors (Lipinski definition) is 5. The predicted molar refractivity (Wildman–Crippen MR) is 137 cm³/mol. The van der Waals surface area contributed by atoms with Crippen molar-refractivity contribution >= 4 is 28.2 Å². The zero-order valence-electron chi connectivity index (χ0n) is 19.3. The summed E-state index contributed by atoms with van der Waals surface area (Å²) in [5.41, 5.74) is 4.60. The summed E-state index contributed by atoms with van der Waals surface area (Å²) < 4.78 is 5.21. The highest BCUT2D eigenvalue weighted by Gasteiger charge is 2.23. The molecule has 1 aliphatic heterocycles. The van der Waals surface area contributed by atoms with Gasteiger partial charge in [0, 0.05) is 43.7 Å². The summed E-state index contributed by atoms with van der Waals surface area (Å²) >= 11 is 0. The number of anilines is 2. The molecule has 1 fully saturated rings. The van der Waals surface area contributed by atoms with Crippen LogP contribution in [0, 0.1) is 0 Å². The highest BCUT2D eigenvalue weighted by molar-refractivity contribution is 6.09. The fraction of sp³-hybridized carbons (Fsp3) is 0.214. The monoisotopic (exact) mass is 452 g/mol. The average Bonchev–Trinajstić information content (AvgIpc) is 2.90. The van der Waals surface area contributed by atoms with Gasteiger partial charge in [0.2, 0.25) is 0 Å². The Labute approximate surface area is 199 Å². The Morgan fingerprint density at radius 3 is 2.35 bits per heavy atom. The van der Waals surface area contributed by atoms with Crippen molar-refractivity contribution < 1.29 is 9.53 Å². The van der Waals surface area contributed by atoms with Gasteiger partial charge in [-0.05, 0) is 35.9 Å². The number of piperazine rings is 1. The Bertz CT molecular complexity index is 1270. The molecule has 6 heteroatoms. The number of nitrogens with one attached hydrogen (secondary N) is 1. The molecule has 172 valence electrons. The molecule has 0 bridgehead atoms. The molecule has 2 heterocycles. The summed E-state index contributed by atoms with van der Waals surface area (Å²) in [6.07, 6.45) is 1.77. The van der Waals surface area contributed by atoms with E-state index in [1.54, 1.807) is 37.6 Å². The molecular weight excluding hydrogens is 424 g/mol. The minimum Gasteiger partial charge on any atom is -0.497 e. The fourth-order valence-corrected chi connectivity index (χ4v) is 4.47. The molecule has 1 aromatic heterocycles. The van der Waals surface area contributed by atoms with Crippen LogP contribution < -0.4 is 15.0 Å². The largest absolute Gasteiger partial charge is 0.497 e. The van der Waals surface area contributed by atoms with Gasteiger partial charge >= 0.3 is 0 Å². The second kappa shape index (κ2) is 9.93. The molecule has 0 aliphatic carbocycles. The van der Waals surface area contributed by atoms with Gasteiger partial charge in [0.15, 0.2) is 0 Å². The standard InChI is InChI=1S/C28H28N4O2/c1-34-23-13-11-22(12-14-23)28(33)30-26-19-29-25-10-6-5-9-24(25)27(26)32-17-15-31(16-18-32)20-21-7-3-2-4-8-21/h2-14,19H,15-18,20H2,1H3,(H,30,33). The van der Waals surface area contributed by atoms with Crippen molar-refractivity contribution in [3.63, 3.8) is 0 Å². The van der Waals surface area contributed by atoms with Gasteiger partial charge in [-0.15, -0.1) is 0 Å². The number of carbonyl (C=O) groups excluding carboxylic acids is 1. The Morgan fingerprint density at radius 2 is 1.62 bits per heavy atom. The van der Waals surface area contributed by atoms with Crippen molar-refractivity contribution in [1.29, 1.82) is 0 Å². The van der Waals surface area contributed by atoms with E-state index in [-0.39, 0.29) is 5.91 Å². The molecule has 1 N–H and O–H groups in total. The van der Waals surface area contributed by atoms with Crippen LogP contribution in [0.1, 0.15) is 15.9 Å². The molecule has 3 aromatic carbocycles. The molecule has 0 unspecified atom stereocenters. The lowest BCUT2D eigenvalue weighted by molar-refractivity contribution is 0.102. The van der Waals surface area contributed by atoms with E-state index in [1.165, 1.54) is 5.56 Å². The second-order valence-corrected chi connectivity index (χ2v) is 8.47. The Hall–Kier alpha value is -3.90. The molecule has 0 atom stereocenters. The summed E-state index contributed by atoms with van der Waals surface area (Å²) in [5, 5.41) is 4.15. The number of methoxy groups -OCH3 is 1. The summed E-state index contributed by atoms with van der Waals surface area (Å²) in [5.74, 6) is 0.557. The minimum absolute atomic E-state index is 0.163. The van der Waals surface area contributed by atoms with Crippen molar-refractivity contribution in [2.45, 2.75) is 6.54 Å². The number of para-hydroxylation sites is 1. The molecule has 4 aromatic rings. The van der Waals surface area contributed by atoms with Crippen molar-refractivity contribution in [3.05, 3.63) is 96.2 Å². The van der Waals surface area contributed by atoms with Gasteiger partial charge in [-0.3, -0.25) is 14.7 Å². The Kier molecular flexibility index (Phi) is 6.40. The minimum atomic E-state index is -0.163. The molecule has 34 heavy (non-hydrogen) atoms.